The second kappa shape index (κ2) is 9.87. The van der Waals surface area contributed by atoms with Crippen molar-refractivity contribution in [2.75, 3.05) is 18.4 Å². The number of rotatable bonds is 7. The van der Waals surface area contributed by atoms with Crippen LogP contribution >= 0.6 is 0 Å². The van der Waals surface area contributed by atoms with Crippen molar-refractivity contribution in [1.29, 1.82) is 0 Å². The molecule has 0 saturated carbocycles. The van der Waals surface area contributed by atoms with Gasteiger partial charge in [-0.15, -0.1) is 0 Å². The van der Waals surface area contributed by atoms with E-state index in [0.29, 0.717) is 18.9 Å². The van der Waals surface area contributed by atoms with Gasteiger partial charge in [0.15, 0.2) is 0 Å². The number of amides is 3. The molecule has 3 amide bonds. The Hall–Kier alpha value is -2.90. The van der Waals surface area contributed by atoms with E-state index in [0.717, 1.165) is 38.0 Å². The van der Waals surface area contributed by atoms with Gasteiger partial charge < -0.3 is 15.5 Å². The Labute approximate surface area is 165 Å². The van der Waals surface area contributed by atoms with Crippen LogP contribution in [0.3, 0.4) is 0 Å². The summed E-state index contributed by atoms with van der Waals surface area (Å²) >= 11 is 0. The molecule has 3 rings (SSSR count). The Bertz CT molecular complexity index is 741. The third-order valence-electron chi connectivity index (χ3n) is 5.04. The smallest absolute Gasteiger partial charge is 0.317 e. The van der Waals surface area contributed by atoms with E-state index in [2.05, 4.69) is 20.7 Å². The summed E-state index contributed by atoms with van der Waals surface area (Å²) < 4.78 is 1.71. The molecule has 1 saturated heterocycles. The molecule has 1 aliphatic heterocycles. The monoisotopic (exact) mass is 384 g/mol. The van der Waals surface area contributed by atoms with Crippen molar-refractivity contribution in [1.82, 2.24) is 25.0 Å². The van der Waals surface area contributed by atoms with E-state index >= 15 is 0 Å². The van der Waals surface area contributed by atoms with E-state index in [4.69, 9.17) is 0 Å². The average Bonchev–Trinajstić information content (AvgIpc) is 3.20. The highest BCUT2D eigenvalue weighted by Gasteiger charge is 2.24. The Kier molecular flexibility index (Phi) is 7.00. The molecule has 2 aromatic rings. The molecule has 0 radical (unpaired) electrons. The summed E-state index contributed by atoms with van der Waals surface area (Å²) in [6, 6.07) is 9.46. The lowest BCUT2D eigenvalue weighted by Gasteiger charge is -2.32. The maximum atomic E-state index is 12.4. The summed E-state index contributed by atoms with van der Waals surface area (Å²) in [6.07, 6.45) is 6.37. The zero-order chi connectivity index (χ0) is 19.8. The fourth-order valence-corrected chi connectivity index (χ4v) is 3.46. The zero-order valence-corrected chi connectivity index (χ0v) is 16.3. The Balaban J connectivity index is 1.33. The fraction of sp³-hybridized carbons (Fsp3) is 0.500. The summed E-state index contributed by atoms with van der Waals surface area (Å²) in [5, 5.41) is 9.99. The van der Waals surface area contributed by atoms with Crippen molar-refractivity contribution in [2.24, 2.45) is 5.92 Å². The molecule has 0 aliphatic carbocycles. The number of carbonyl (C=O) groups excluding carboxylic acids is 2. The fourth-order valence-electron chi connectivity index (χ4n) is 3.46. The first kappa shape index (κ1) is 19.9. The highest BCUT2D eigenvalue weighted by molar-refractivity contribution is 5.90. The zero-order valence-electron chi connectivity index (χ0n) is 16.3. The van der Waals surface area contributed by atoms with Crippen LogP contribution in [-0.4, -0.2) is 50.7 Å². The lowest BCUT2D eigenvalue weighted by molar-refractivity contribution is -0.116. The second-order valence-electron chi connectivity index (χ2n) is 7.35. The van der Waals surface area contributed by atoms with E-state index in [1.54, 1.807) is 11.0 Å². The molecule has 8 nitrogen and oxygen atoms in total. The number of carbonyl (C=O) groups is 2. The molecule has 2 heterocycles. The number of urea groups is 1. The Morgan fingerprint density at radius 2 is 1.96 bits per heavy atom. The van der Waals surface area contributed by atoms with Crippen LogP contribution in [0.4, 0.5) is 10.5 Å². The normalized spacial score (nSPS) is 15.8. The minimum absolute atomic E-state index is 0.0198. The predicted octanol–water partition coefficient (Wildman–Crippen LogP) is 2.51. The number of nitrogens with one attached hydrogen (secondary N) is 2. The lowest BCUT2D eigenvalue weighted by Crippen LogP contribution is -2.48. The van der Waals surface area contributed by atoms with E-state index in [9.17, 15) is 9.59 Å². The van der Waals surface area contributed by atoms with Gasteiger partial charge in [0.2, 0.25) is 5.91 Å². The van der Waals surface area contributed by atoms with E-state index < -0.39 is 0 Å². The van der Waals surface area contributed by atoms with Crippen molar-refractivity contribution < 1.29 is 9.59 Å². The number of nitrogens with zero attached hydrogens (tertiary/aromatic N) is 4. The van der Waals surface area contributed by atoms with Gasteiger partial charge in [-0.05, 0) is 44.2 Å². The van der Waals surface area contributed by atoms with Crippen LogP contribution in [0.2, 0.25) is 0 Å². The Morgan fingerprint density at radius 3 is 2.64 bits per heavy atom. The summed E-state index contributed by atoms with van der Waals surface area (Å²) in [6.45, 7) is 4.01. The molecule has 1 aliphatic rings. The van der Waals surface area contributed by atoms with Gasteiger partial charge in [0.05, 0.1) is 6.54 Å². The van der Waals surface area contributed by atoms with Gasteiger partial charge >= 0.3 is 6.03 Å². The molecule has 1 fully saturated rings. The van der Waals surface area contributed by atoms with Crippen LogP contribution in [-0.2, 0) is 11.3 Å². The molecule has 0 spiro atoms. The van der Waals surface area contributed by atoms with E-state index in [-0.39, 0.29) is 18.0 Å². The highest BCUT2D eigenvalue weighted by atomic mass is 16.2. The number of likely N-dealkylation sites (tertiary alicyclic amines) is 1. The SMILES string of the molecule is CC(Cn1cncn1)NC(=O)N1CCC(CCC(=O)Nc2ccccc2)CC1. The first-order chi connectivity index (χ1) is 13.6. The summed E-state index contributed by atoms with van der Waals surface area (Å²) in [4.78, 5) is 30.3. The number of anilines is 1. The molecule has 1 aromatic carbocycles. The van der Waals surface area contributed by atoms with E-state index in [1.165, 1.54) is 6.33 Å². The topological polar surface area (TPSA) is 92.2 Å². The third kappa shape index (κ3) is 6.07. The molecule has 0 bridgehead atoms. The quantitative estimate of drug-likeness (QED) is 0.767. The van der Waals surface area contributed by atoms with Crippen molar-refractivity contribution in [3.63, 3.8) is 0 Å². The molecule has 1 atom stereocenters. The standard InChI is InChI=1S/C20H28N6O2/c1-16(13-26-15-21-14-22-26)23-20(28)25-11-9-17(10-12-25)7-8-19(27)24-18-5-3-2-4-6-18/h2-6,14-17H,7-13H2,1H3,(H,23,28)(H,24,27). The largest absolute Gasteiger partial charge is 0.334 e. The van der Waals surface area contributed by atoms with Gasteiger partial charge in [-0.25, -0.2) is 9.78 Å². The summed E-state index contributed by atoms with van der Waals surface area (Å²) in [5.74, 6) is 0.534. The minimum Gasteiger partial charge on any atom is -0.334 e. The first-order valence-electron chi connectivity index (χ1n) is 9.83. The number of aromatic nitrogens is 3. The van der Waals surface area contributed by atoms with Gasteiger partial charge in [0.1, 0.15) is 12.7 Å². The molecule has 8 heteroatoms. The summed E-state index contributed by atoms with van der Waals surface area (Å²) in [5.41, 5.74) is 0.832. The molecule has 1 aromatic heterocycles. The van der Waals surface area contributed by atoms with Gasteiger partial charge in [-0.1, -0.05) is 18.2 Å². The van der Waals surface area contributed by atoms with Gasteiger partial charge in [-0.3, -0.25) is 9.48 Å². The number of benzene rings is 1. The molecule has 2 N–H and O–H groups in total. The minimum atomic E-state index is -0.0344. The van der Waals surface area contributed by atoms with E-state index in [1.807, 2.05) is 42.2 Å². The predicted molar refractivity (Wildman–Crippen MR) is 107 cm³/mol. The van der Waals surface area contributed by atoms with Crippen molar-refractivity contribution in [2.45, 2.75) is 45.2 Å². The number of hydrogen-bond donors (Lipinski definition) is 2. The summed E-state index contributed by atoms with van der Waals surface area (Å²) in [7, 11) is 0. The van der Waals surface area contributed by atoms with Crippen molar-refractivity contribution >= 4 is 17.6 Å². The van der Waals surface area contributed by atoms with Crippen LogP contribution in [0, 0.1) is 5.92 Å². The van der Waals surface area contributed by atoms with Crippen LogP contribution in [0.5, 0.6) is 0 Å². The number of para-hydroxylation sites is 1. The lowest BCUT2D eigenvalue weighted by atomic mass is 9.92. The number of piperidine rings is 1. The highest BCUT2D eigenvalue weighted by Crippen LogP contribution is 2.22. The third-order valence-corrected chi connectivity index (χ3v) is 5.04. The molecule has 1 unspecified atom stereocenters. The maximum absolute atomic E-state index is 12.4. The van der Waals surface area contributed by atoms with Gasteiger partial charge in [0.25, 0.3) is 0 Å². The maximum Gasteiger partial charge on any atom is 0.317 e. The average molecular weight is 384 g/mol. The molecule has 150 valence electrons. The Morgan fingerprint density at radius 1 is 1.21 bits per heavy atom. The van der Waals surface area contributed by atoms with Gasteiger partial charge in [0, 0.05) is 31.2 Å². The van der Waals surface area contributed by atoms with Crippen LogP contribution in [0.25, 0.3) is 0 Å². The van der Waals surface area contributed by atoms with Crippen molar-refractivity contribution in [3.8, 4) is 0 Å². The van der Waals surface area contributed by atoms with Crippen LogP contribution < -0.4 is 10.6 Å². The van der Waals surface area contributed by atoms with Crippen LogP contribution in [0.15, 0.2) is 43.0 Å². The second-order valence-corrected chi connectivity index (χ2v) is 7.35. The first-order valence-corrected chi connectivity index (χ1v) is 9.83. The molecular formula is C20H28N6O2. The van der Waals surface area contributed by atoms with Gasteiger partial charge in [-0.2, -0.15) is 5.10 Å². The molecular weight excluding hydrogens is 356 g/mol. The van der Waals surface area contributed by atoms with Crippen LogP contribution in [0.1, 0.15) is 32.6 Å². The van der Waals surface area contributed by atoms with Crippen molar-refractivity contribution in [3.05, 3.63) is 43.0 Å². The number of hydrogen-bond acceptors (Lipinski definition) is 4. The molecule has 28 heavy (non-hydrogen) atoms.